The van der Waals surface area contributed by atoms with Crippen molar-refractivity contribution < 1.29 is 23.1 Å². The molecule has 0 fully saturated rings. The van der Waals surface area contributed by atoms with E-state index in [9.17, 15) is 23.1 Å². The van der Waals surface area contributed by atoms with Gasteiger partial charge in [0.25, 0.3) is 10.0 Å². The molecule has 1 heterocycles. The van der Waals surface area contributed by atoms with E-state index in [2.05, 4.69) is 20.0 Å². The first-order valence-corrected chi connectivity index (χ1v) is 11.4. The van der Waals surface area contributed by atoms with Gasteiger partial charge < -0.3 is 10.4 Å². The molecule has 2 aromatic carbocycles. The van der Waals surface area contributed by atoms with Crippen LogP contribution >= 0.6 is 0 Å². The topological polar surface area (TPSA) is 138 Å². The molecule has 2 atom stereocenters. The number of carboxylic acids is 1. The minimum absolute atomic E-state index is 0.0190. The first-order valence-electron chi connectivity index (χ1n) is 9.87. The van der Waals surface area contributed by atoms with E-state index in [0.29, 0.717) is 29.6 Å². The van der Waals surface area contributed by atoms with Crippen molar-refractivity contribution in [1.82, 2.24) is 9.97 Å². The molecule has 10 heteroatoms. The zero-order valence-corrected chi connectivity index (χ0v) is 17.6. The summed E-state index contributed by atoms with van der Waals surface area (Å²) in [4.78, 5) is 32.4. The fourth-order valence-electron chi connectivity index (χ4n) is 3.53. The van der Waals surface area contributed by atoms with Gasteiger partial charge >= 0.3 is 5.97 Å². The molecule has 0 saturated carbocycles. The van der Waals surface area contributed by atoms with Gasteiger partial charge in [0.2, 0.25) is 5.91 Å². The van der Waals surface area contributed by atoms with E-state index in [-0.39, 0.29) is 10.7 Å². The number of nitrogens with one attached hydrogen (secondary N) is 2. The fourth-order valence-corrected chi connectivity index (χ4v) is 4.52. The standard InChI is InChI=1S/C22H20N4O5S/c27-21(16-5-1-2-6-17(16)22(28)29)24-14-9-11-15(12-10-14)32(30,31)26-20-13-23-18-7-3-4-8-19(18)25-20/h1-4,7-13,16-17H,5-6H2,(H,24,27)(H,25,26)(H,28,29)/t16-,17-/m1/s1. The van der Waals surface area contributed by atoms with Crippen LogP contribution in [0.25, 0.3) is 11.0 Å². The third kappa shape index (κ3) is 4.59. The second-order valence-corrected chi connectivity index (χ2v) is 9.04. The molecule has 164 valence electrons. The van der Waals surface area contributed by atoms with Crippen LogP contribution < -0.4 is 10.0 Å². The van der Waals surface area contributed by atoms with Crippen molar-refractivity contribution in [2.75, 3.05) is 10.0 Å². The number of rotatable bonds is 6. The summed E-state index contributed by atoms with van der Waals surface area (Å²) in [5.41, 5.74) is 1.58. The SMILES string of the molecule is O=C(O)[C@@H]1CC=CC[C@H]1C(=O)Nc1ccc(S(=O)(=O)Nc2cnc3ccccc3n2)cc1. The Labute approximate surface area is 184 Å². The van der Waals surface area contributed by atoms with Crippen molar-refractivity contribution >= 4 is 44.4 Å². The summed E-state index contributed by atoms with van der Waals surface area (Å²) in [5.74, 6) is -2.81. The number of anilines is 2. The largest absolute Gasteiger partial charge is 0.481 e. The number of para-hydroxylation sites is 2. The normalized spacial score (nSPS) is 18.2. The van der Waals surface area contributed by atoms with Gasteiger partial charge in [0.1, 0.15) is 0 Å². The van der Waals surface area contributed by atoms with Gasteiger partial charge in [-0.05, 0) is 49.2 Å². The van der Waals surface area contributed by atoms with Crippen LogP contribution in [-0.2, 0) is 19.6 Å². The second kappa shape index (κ2) is 8.75. The highest BCUT2D eigenvalue weighted by molar-refractivity contribution is 7.92. The molecular formula is C22H20N4O5S. The van der Waals surface area contributed by atoms with Gasteiger partial charge in [-0.15, -0.1) is 0 Å². The van der Waals surface area contributed by atoms with Crippen molar-refractivity contribution in [3.63, 3.8) is 0 Å². The maximum atomic E-state index is 12.7. The number of sulfonamides is 1. The fraction of sp³-hybridized carbons (Fsp3) is 0.182. The number of amides is 1. The number of allylic oxidation sites excluding steroid dienone is 2. The van der Waals surface area contributed by atoms with Crippen molar-refractivity contribution in [3.8, 4) is 0 Å². The lowest BCUT2D eigenvalue weighted by Crippen LogP contribution is -2.34. The Morgan fingerprint density at radius 2 is 1.59 bits per heavy atom. The highest BCUT2D eigenvalue weighted by Crippen LogP contribution is 2.27. The molecule has 0 unspecified atom stereocenters. The minimum Gasteiger partial charge on any atom is -0.481 e. The van der Waals surface area contributed by atoms with Gasteiger partial charge in [0.15, 0.2) is 5.82 Å². The summed E-state index contributed by atoms with van der Waals surface area (Å²) < 4.78 is 27.8. The summed E-state index contributed by atoms with van der Waals surface area (Å²) in [6.45, 7) is 0. The third-order valence-corrected chi connectivity index (χ3v) is 6.58. The molecule has 0 saturated heterocycles. The Kier molecular flexibility index (Phi) is 5.87. The quantitative estimate of drug-likeness (QED) is 0.489. The molecule has 3 N–H and O–H groups in total. The summed E-state index contributed by atoms with van der Waals surface area (Å²) in [5, 5.41) is 12.0. The Morgan fingerprint density at radius 3 is 2.28 bits per heavy atom. The van der Waals surface area contributed by atoms with Crippen LogP contribution in [-0.4, -0.2) is 35.4 Å². The number of carbonyl (C=O) groups excluding carboxylic acids is 1. The molecule has 32 heavy (non-hydrogen) atoms. The number of carbonyl (C=O) groups is 2. The molecule has 1 aromatic heterocycles. The van der Waals surface area contributed by atoms with Crippen LogP contribution in [0.4, 0.5) is 11.5 Å². The Bertz CT molecular complexity index is 1310. The molecule has 3 aromatic rings. The van der Waals surface area contributed by atoms with Crippen molar-refractivity contribution in [2.45, 2.75) is 17.7 Å². The number of carboxylic acid groups (broad SMARTS) is 1. The summed E-state index contributed by atoms with van der Waals surface area (Å²) >= 11 is 0. The van der Waals surface area contributed by atoms with Gasteiger partial charge in [-0.1, -0.05) is 24.3 Å². The first-order chi connectivity index (χ1) is 15.3. The average molecular weight is 452 g/mol. The molecule has 0 radical (unpaired) electrons. The second-order valence-electron chi connectivity index (χ2n) is 7.36. The monoisotopic (exact) mass is 452 g/mol. The van der Waals surface area contributed by atoms with Crippen LogP contribution in [0.5, 0.6) is 0 Å². The van der Waals surface area contributed by atoms with E-state index in [1.807, 2.05) is 6.07 Å². The van der Waals surface area contributed by atoms with E-state index in [1.54, 1.807) is 30.4 Å². The Morgan fingerprint density at radius 1 is 0.938 bits per heavy atom. The smallest absolute Gasteiger partial charge is 0.307 e. The van der Waals surface area contributed by atoms with Crippen LogP contribution in [0.15, 0.2) is 71.8 Å². The molecule has 4 rings (SSSR count). The van der Waals surface area contributed by atoms with Crippen molar-refractivity contribution in [1.29, 1.82) is 0 Å². The van der Waals surface area contributed by atoms with Crippen LogP contribution in [0, 0.1) is 11.8 Å². The molecule has 1 amide bonds. The Balaban J connectivity index is 1.46. The van der Waals surface area contributed by atoms with Crippen molar-refractivity contribution in [2.24, 2.45) is 11.8 Å². The predicted octanol–water partition coefficient (Wildman–Crippen LogP) is 3.04. The molecule has 1 aliphatic rings. The number of nitrogens with zero attached hydrogens (tertiary/aromatic N) is 2. The van der Waals surface area contributed by atoms with Crippen LogP contribution in [0.2, 0.25) is 0 Å². The van der Waals surface area contributed by atoms with E-state index in [1.165, 1.54) is 30.5 Å². The number of benzene rings is 2. The number of fused-ring (bicyclic) bond motifs is 1. The molecule has 1 aliphatic carbocycles. The lowest BCUT2D eigenvalue weighted by Gasteiger charge is -2.24. The van der Waals surface area contributed by atoms with Gasteiger partial charge in [0, 0.05) is 5.69 Å². The number of hydrogen-bond donors (Lipinski definition) is 3. The maximum absolute atomic E-state index is 12.7. The Hall–Kier alpha value is -3.79. The summed E-state index contributed by atoms with van der Waals surface area (Å²) in [6, 6.07) is 12.7. The highest BCUT2D eigenvalue weighted by atomic mass is 32.2. The molecule has 0 aliphatic heterocycles. The molecule has 0 bridgehead atoms. The van der Waals surface area contributed by atoms with Gasteiger partial charge in [-0.2, -0.15) is 0 Å². The van der Waals surface area contributed by atoms with Gasteiger partial charge in [0.05, 0.1) is 34.0 Å². The van der Waals surface area contributed by atoms with Gasteiger partial charge in [-0.25, -0.2) is 13.4 Å². The number of aromatic nitrogens is 2. The number of aliphatic carboxylic acids is 1. The van der Waals surface area contributed by atoms with E-state index in [0.717, 1.165) is 0 Å². The van der Waals surface area contributed by atoms with Gasteiger partial charge in [-0.3, -0.25) is 19.3 Å². The predicted molar refractivity (Wildman–Crippen MR) is 118 cm³/mol. The average Bonchev–Trinajstić information content (AvgIpc) is 2.79. The van der Waals surface area contributed by atoms with E-state index in [4.69, 9.17) is 0 Å². The zero-order chi connectivity index (χ0) is 22.7. The van der Waals surface area contributed by atoms with E-state index >= 15 is 0 Å². The summed E-state index contributed by atoms with van der Waals surface area (Å²) in [7, 11) is -3.92. The zero-order valence-electron chi connectivity index (χ0n) is 16.8. The lowest BCUT2D eigenvalue weighted by molar-refractivity contribution is -0.146. The minimum atomic E-state index is -3.92. The molecule has 9 nitrogen and oxygen atoms in total. The molecular weight excluding hydrogens is 432 g/mol. The van der Waals surface area contributed by atoms with E-state index < -0.39 is 33.7 Å². The summed E-state index contributed by atoms with van der Waals surface area (Å²) in [6.07, 6.45) is 5.53. The first kappa shape index (κ1) is 21.4. The van der Waals surface area contributed by atoms with Crippen molar-refractivity contribution in [3.05, 3.63) is 66.9 Å². The van der Waals surface area contributed by atoms with Crippen LogP contribution in [0.3, 0.4) is 0 Å². The van der Waals surface area contributed by atoms with Crippen LogP contribution in [0.1, 0.15) is 12.8 Å². The number of hydrogen-bond acceptors (Lipinski definition) is 6. The maximum Gasteiger partial charge on any atom is 0.307 e. The lowest BCUT2D eigenvalue weighted by atomic mass is 9.82. The highest BCUT2D eigenvalue weighted by Gasteiger charge is 2.34. The molecule has 0 spiro atoms. The third-order valence-electron chi connectivity index (χ3n) is 5.21.